The molecule has 0 saturated heterocycles. The Morgan fingerprint density at radius 3 is 2.88 bits per heavy atom. The van der Waals surface area contributed by atoms with Crippen molar-refractivity contribution in [1.82, 2.24) is 30.7 Å². The third-order valence-corrected chi connectivity index (χ3v) is 3.13. The lowest BCUT2D eigenvalue weighted by molar-refractivity contribution is 0.0946. The molecule has 1 aromatic carbocycles. The second kappa shape index (κ2) is 6.27. The molecule has 0 atom stereocenters. The van der Waals surface area contributed by atoms with Crippen LogP contribution in [0.2, 0.25) is 0 Å². The first kappa shape index (κ1) is 15.9. The largest absolute Gasteiger partial charge is 0.508 e. The highest BCUT2D eigenvalue weighted by Gasteiger charge is 2.22. The number of nitrogens with two attached hydrogens (primary N) is 1. The summed E-state index contributed by atoms with van der Waals surface area (Å²) in [5.41, 5.74) is 8.51. The highest BCUT2D eigenvalue weighted by Crippen LogP contribution is 2.20. The summed E-state index contributed by atoms with van der Waals surface area (Å²) in [6, 6.07) is 3.94. The standard InChI is InChI=1S/C13H12N8O4/c1-6-10(21(20-16-6)12-11(14)18-25-19-12)13(24)17-15-5-7-2-3-8(22)4-9(7)23/h2-5,22-23H,1H3,(H2,14,18)(H,17,24). The summed E-state index contributed by atoms with van der Waals surface area (Å²) >= 11 is 0. The van der Waals surface area contributed by atoms with Gasteiger partial charge in [-0.3, -0.25) is 4.79 Å². The lowest BCUT2D eigenvalue weighted by Gasteiger charge is -2.03. The zero-order valence-electron chi connectivity index (χ0n) is 12.8. The van der Waals surface area contributed by atoms with E-state index in [-0.39, 0.29) is 28.8 Å². The second-order valence-corrected chi connectivity index (χ2v) is 4.85. The van der Waals surface area contributed by atoms with Gasteiger partial charge in [0.25, 0.3) is 5.91 Å². The van der Waals surface area contributed by atoms with E-state index in [9.17, 15) is 15.0 Å². The second-order valence-electron chi connectivity index (χ2n) is 4.85. The molecule has 0 bridgehead atoms. The van der Waals surface area contributed by atoms with E-state index in [1.807, 2.05) is 0 Å². The van der Waals surface area contributed by atoms with Crippen LogP contribution in [0.4, 0.5) is 5.82 Å². The van der Waals surface area contributed by atoms with E-state index in [0.717, 1.165) is 10.7 Å². The normalized spacial score (nSPS) is 11.1. The number of hydrogen-bond acceptors (Lipinski definition) is 10. The number of hydrazone groups is 1. The predicted octanol–water partition coefficient (Wildman–Crippen LogP) is -0.284. The van der Waals surface area contributed by atoms with Crippen molar-refractivity contribution >= 4 is 17.9 Å². The molecule has 5 N–H and O–H groups in total. The average Bonchev–Trinajstić information content (AvgIpc) is 3.14. The van der Waals surface area contributed by atoms with Gasteiger partial charge in [-0.1, -0.05) is 5.21 Å². The summed E-state index contributed by atoms with van der Waals surface area (Å²) in [4.78, 5) is 12.3. The molecule has 128 valence electrons. The van der Waals surface area contributed by atoms with E-state index in [2.05, 4.69) is 35.8 Å². The summed E-state index contributed by atoms with van der Waals surface area (Å²) < 4.78 is 5.56. The maximum Gasteiger partial charge on any atom is 0.292 e. The van der Waals surface area contributed by atoms with Gasteiger partial charge in [-0.25, -0.2) is 10.1 Å². The molecule has 0 saturated carbocycles. The van der Waals surface area contributed by atoms with E-state index in [0.29, 0.717) is 11.3 Å². The number of carbonyl (C=O) groups excluding carboxylic acids is 1. The van der Waals surface area contributed by atoms with Crippen molar-refractivity contribution in [2.24, 2.45) is 5.10 Å². The molecular weight excluding hydrogens is 332 g/mol. The molecule has 2 heterocycles. The highest BCUT2D eigenvalue weighted by atomic mass is 16.6. The minimum atomic E-state index is -0.639. The van der Waals surface area contributed by atoms with Crippen LogP contribution in [-0.4, -0.2) is 47.6 Å². The van der Waals surface area contributed by atoms with Crippen LogP contribution in [0.5, 0.6) is 11.5 Å². The van der Waals surface area contributed by atoms with E-state index in [1.165, 1.54) is 18.3 Å². The average molecular weight is 344 g/mol. The first-order valence-electron chi connectivity index (χ1n) is 6.83. The lowest BCUT2D eigenvalue weighted by atomic mass is 10.2. The van der Waals surface area contributed by atoms with Gasteiger partial charge in [0.15, 0.2) is 5.69 Å². The number of nitrogens with one attached hydrogen (secondary N) is 1. The number of phenols is 2. The number of nitrogen functional groups attached to an aromatic ring is 1. The molecule has 1 amide bonds. The Hall–Kier alpha value is -3.96. The van der Waals surface area contributed by atoms with Gasteiger partial charge in [0.2, 0.25) is 11.6 Å². The SMILES string of the molecule is Cc1nnn(-c2nonc2N)c1C(=O)NN=Cc1ccc(O)cc1O. The van der Waals surface area contributed by atoms with Crippen LogP contribution < -0.4 is 11.2 Å². The molecule has 0 aliphatic carbocycles. The van der Waals surface area contributed by atoms with E-state index < -0.39 is 5.91 Å². The Morgan fingerprint density at radius 2 is 2.20 bits per heavy atom. The number of aryl methyl sites for hydroxylation is 1. The fraction of sp³-hybridized carbons (Fsp3) is 0.0769. The first-order chi connectivity index (χ1) is 12.0. The van der Waals surface area contributed by atoms with Gasteiger partial charge in [0.05, 0.1) is 11.9 Å². The molecule has 12 nitrogen and oxygen atoms in total. The molecule has 0 fully saturated rings. The zero-order chi connectivity index (χ0) is 18.0. The van der Waals surface area contributed by atoms with E-state index >= 15 is 0 Å². The number of amides is 1. The van der Waals surface area contributed by atoms with Crippen molar-refractivity contribution in [2.75, 3.05) is 5.73 Å². The smallest absolute Gasteiger partial charge is 0.292 e. The first-order valence-corrected chi connectivity index (χ1v) is 6.83. The van der Waals surface area contributed by atoms with Gasteiger partial charge in [-0.2, -0.15) is 9.78 Å². The fourth-order valence-corrected chi connectivity index (χ4v) is 1.96. The number of nitrogens with zero attached hydrogens (tertiary/aromatic N) is 6. The molecular formula is C13H12N8O4. The van der Waals surface area contributed by atoms with E-state index in [4.69, 9.17) is 5.73 Å². The number of aromatic hydroxyl groups is 2. The summed E-state index contributed by atoms with van der Waals surface area (Å²) in [6.45, 7) is 1.57. The summed E-state index contributed by atoms with van der Waals surface area (Å²) in [6.07, 6.45) is 1.21. The van der Waals surface area contributed by atoms with Crippen LogP contribution >= 0.6 is 0 Å². The molecule has 3 aromatic rings. The van der Waals surface area contributed by atoms with Crippen molar-refractivity contribution < 1.29 is 19.6 Å². The molecule has 2 aromatic heterocycles. The molecule has 0 aliphatic rings. The molecule has 0 spiro atoms. The van der Waals surface area contributed by atoms with Crippen molar-refractivity contribution in [3.8, 4) is 17.3 Å². The number of phenolic OH excluding ortho intramolecular Hbond substituents is 2. The van der Waals surface area contributed by atoms with Crippen LogP contribution in [0.1, 0.15) is 21.7 Å². The molecule has 0 aliphatic heterocycles. The van der Waals surface area contributed by atoms with Crippen molar-refractivity contribution in [2.45, 2.75) is 6.92 Å². The van der Waals surface area contributed by atoms with Crippen LogP contribution in [0.3, 0.4) is 0 Å². The van der Waals surface area contributed by atoms with Gasteiger partial charge < -0.3 is 15.9 Å². The number of aromatic nitrogens is 5. The van der Waals surface area contributed by atoms with Crippen molar-refractivity contribution in [1.29, 1.82) is 0 Å². The fourth-order valence-electron chi connectivity index (χ4n) is 1.96. The number of carbonyl (C=O) groups is 1. The lowest BCUT2D eigenvalue weighted by Crippen LogP contribution is -2.22. The minimum Gasteiger partial charge on any atom is -0.508 e. The molecule has 25 heavy (non-hydrogen) atoms. The Morgan fingerprint density at radius 1 is 1.40 bits per heavy atom. The van der Waals surface area contributed by atoms with Crippen molar-refractivity contribution in [3.63, 3.8) is 0 Å². The molecule has 3 rings (SSSR count). The van der Waals surface area contributed by atoms with Crippen LogP contribution in [-0.2, 0) is 0 Å². The number of benzene rings is 1. The Balaban J connectivity index is 1.81. The monoisotopic (exact) mass is 344 g/mol. The molecule has 0 unspecified atom stereocenters. The Kier molecular flexibility index (Phi) is 3.99. The Labute approximate surface area is 139 Å². The minimum absolute atomic E-state index is 0.0194. The zero-order valence-corrected chi connectivity index (χ0v) is 12.8. The van der Waals surface area contributed by atoms with E-state index in [1.54, 1.807) is 6.92 Å². The highest BCUT2D eigenvalue weighted by molar-refractivity contribution is 5.95. The number of hydrogen-bond donors (Lipinski definition) is 4. The van der Waals surface area contributed by atoms with Gasteiger partial charge in [0.1, 0.15) is 11.5 Å². The Bertz CT molecular complexity index is 961. The summed E-state index contributed by atoms with van der Waals surface area (Å²) in [5.74, 6) is -0.966. The van der Waals surface area contributed by atoms with Crippen LogP contribution in [0.15, 0.2) is 27.9 Å². The summed E-state index contributed by atoms with van der Waals surface area (Å²) in [7, 11) is 0. The van der Waals surface area contributed by atoms with Crippen molar-refractivity contribution in [3.05, 3.63) is 35.2 Å². The predicted molar refractivity (Wildman–Crippen MR) is 83.2 cm³/mol. The third-order valence-electron chi connectivity index (χ3n) is 3.13. The van der Waals surface area contributed by atoms with Crippen LogP contribution in [0, 0.1) is 6.92 Å². The maximum absolute atomic E-state index is 12.3. The third kappa shape index (κ3) is 3.08. The van der Waals surface area contributed by atoms with Gasteiger partial charge in [0, 0.05) is 11.6 Å². The topological polar surface area (TPSA) is 178 Å². The van der Waals surface area contributed by atoms with Crippen LogP contribution in [0.25, 0.3) is 5.82 Å². The van der Waals surface area contributed by atoms with Gasteiger partial charge in [-0.05, 0) is 29.4 Å². The summed E-state index contributed by atoms with van der Waals surface area (Å²) in [5, 5.41) is 37.2. The van der Waals surface area contributed by atoms with Gasteiger partial charge >= 0.3 is 0 Å². The maximum atomic E-state index is 12.3. The molecule has 0 radical (unpaired) electrons. The number of anilines is 1. The molecule has 12 heteroatoms. The quantitative estimate of drug-likeness (QED) is 0.366. The van der Waals surface area contributed by atoms with Gasteiger partial charge in [-0.15, -0.1) is 5.10 Å². The number of rotatable bonds is 4.